The Labute approximate surface area is 121 Å². The van der Waals surface area contributed by atoms with Gasteiger partial charge in [-0.2, -0.15) is 5.06 Å². The molecule has 1 aliphatic heterocycles. The van der Waals surface area contributed by atoms with E-state index in [1.807, 2.05) is 0 Å². The molecular formula is C14H16N2O5. The normalized spacial score (nSPS) is 17.5. The lowest BCUT2D eigenvalue weighted by Gasteiger charge is -2.15. The van der Waals surface area contributed by atoms with Crippen LogP contribution in [0.3, 0.4) is 0 Å². The highest BCUT2D eigenvalue weighted by Gasteiger charge is 2.35. The summed E-state index contributed by atoms with van der Waals surface area (Å²) < 4.78 is 5.23. The predicted octanol–water partition coefficient (Wildman–Crippen LogP) is 1.11. The molecule has 0 aromatic heterocycles. The van der Waals surface area contributed by atoms with Gasteiger partial charge in [0.25, 0.3) is 5.91 Å². The van der Waals surface area contributed by atoms with E-state index >= 15 is 0 Å². The molecule has 112 valence electrons. The smallest absolute Gasteiger partial charge is 0.431 e. The molecule has 1 unspecified atom stereocenters. The fourth-order valence-corrected chi connectivity index (χ4v) is 1.89. The van der Waals surface area contributed by atoms with Gasteiger partial charge in [0.1, 0.15) is 6.10 Å². The van der Waals surface area contributed by atoms with Crippen molar-refractivity contribution in [1.29, 1.82) is 0 Å². The zero-order chi connectivity index (χ0) is 15.2. The number of hydrogen-bond acceptors (Lipinski definition) is 5. The minimum atomic E-state index is -0.708. The molecule has 21 heavy (non-hydrogen) atoms. The number of ether oxygens (including phenoxy) is 1. The van der Waals surface area contributed by atoms with Gasteiger partial charge in [0.2, 0.25) is 0 Å². The number of esters is 1. The molecule has 7 nitrogen and oxygen atoms in total. The van der Waals surface area contributed by atoms with E-state index in [1.165, 1.54) is 0 Å². The summed E-state index contributed by atoms with van der Waals surface area (Å²) in [6, 6.07) is 8.49. The Kier molecular flexibility index (Phi) is 4.76. The number of carbonyl (C=O) groups is 3. The number of hydroxylamine groups is 2. The molecule has 1 N–H and O–H groups in total. The van der Waals surface area contributed by atoms with E-state index in [1.54, 1.807) is 37.3 Å². The topological polar surface area (TPSA) is 84.9 Å². The molecule has 1 atom stereocenters. The van der Waals surface area contributed by atoms with Gasteiger partial charge in [-0.1, -0.05) is 18.2 Å². The molecule has 2 amide bonds. The Morgan fingerprint density at radius 3 is 2.71 bits per heavy atom. The van der Waals surface area contributed by atoms with Crippen molar-refractivity contribution in [2.24, 2.45) is 0 Å². The van der Waals surface area contributed by atoms with Gasteiger partial charge in [0, 0.05) is 6.54 Å². The van der Waals surface area contributed by atoms with Crippen LogP contribution in [0.15, 0.2) is 30.3 Å². The number of amides is 2. The fourth-order valence-electron chi connectivity index (χ4n) is 1.89. The van der Waals surface area contributed by atoms with Crippen molar-refractivity contribution < 1.29 is 24.0 Å². The van der Waals surface area contributed by atoms with Gasteiger partial charge in [-0.05, 0) is 19.1 Å². The molecule has 1 saturated heterocycles. The second-order valence-electron chi connectivity index (χ2n) is 4.46. The summed E-state index contributed by atoms with van der Waals surface area (Å²) in [5.41, 5.74) is 0.410. The van der Waals surface area contributed by atoms with Gasteiger partial charge >= 0.3 is 12.1 Å². The monoisotopic (exact) mass is 292 g/mol. The van der Waals surface area contributed by atoms with Crippen LogP contribution in [-0.4, -0.2) is 42.2 Å². The third kappa shape index (κ3) is 3.95. The molecule has 1 heterocycles. The Morgan fingerprint density at radius 1 is 1.33 bits per heavy atom. The summed E-state index contributed by atoms with van der Waals surface area (Å²) in [6.45, 7) is 2.17. The highest BCUT2D eigenvalue weighted by molar-refractivity contribution is 5.90. The number of hydrogen-bond donors (Lipinski definition) is 1. The molecule has 0 radical (unpaired) electrons. The van der Waals surface area contributed by atoms with E-state index in [0.29, 0.717) is 12.1 Å². The quantitative estimate of drug-likeness (QED) is 0.840. The molecule has 0 spiro atoms. The van der Waals surface area contributed by atoms with Crippen molar-refractivity contribution >= 4 is 18.0 Å². The van der Waals surface area contributed by atoms with Crippen molar-refractivity contribution in [3.05, 3.63) is 35.9 Å². The van der Waals surface area contributed by atoms with Crippen LogP contribution >= 0.6 is 0 Å². The Morgan fingerprint density at radius 2 is 2.05 bits per heavy atom. The van der Waals surface area contributed by atoms with Crippen molar-refractivity contribution in [2.75, 3.05) is 13.1 Å². The summed E-state index contributed by atoms with van der Waals surface area (Å²) in [5, 5.41) is 3.32. The number of nitrogens with zero attached hydrogens (tertiary/aromatic N) is 1. The van der Waals surface area contributed by atoms with E-state index in [-0.39, 0.29) is 13.0 Å². The summed E-state index contributed by atoms with van der Waals surface area (Å²) in [5.74, 6) is -0.902. The summed E-state index contributed by atoms with van der Waals surface area (Å²) in [4.78, 5) is 39.6. The van der Waals surface area contributed by atoms with Crippen LogP contribution in [0.25, 0.3) is 0 Å². The van der Waals surface area contributed by atoms with Crippen molar-refractivity contribution in [3.8, 4) is 0 Å². The van der Waals surface area contributed by atoms with Gasteiger partial charge in [-0.25, -0.2) is 9.59 Å². The molecule has 1 aliphatic rings. The first-order valence-electron chi connectivity index (χ1n) is 6.62. The largest absolute Gasteiger partial charge is 0.456 e. The standard InChI is InChI=1S/C14H16N2O5/c1-2-15-14(19)21-16-9-11(8-12(16)17)20-13(18)10-6-4-3-5-7-10/h3-7,11H,2,8-9H2,1H3,(H,15,19). The summed E-state index contributed by atoms with van der Waals surface area (Å²) in [7, 11) is 0. The van der Waals surface area contributed by atoms with Crippen LogP contribution in [0.1, 0.15) is 23.7 Å². The SMILES string of the molecule is CCNC(=O)ON1CC(OC(=O)c2ccccc2)CC1=O. The number of nitrogens with one attached hydrogen (secondary N) is 1. The maximum Gasteiger partial charge on any atom is 0.431 e. The average molecular weight is 292 g/mol. The van der Waals surface area contributed by atoms with Crippen molar-refractivity contribution in [1.82, 2.24) is 10.4 Å². The minimum absolute atomic E-state index is 0.00201. The van der Waals surface area contributed by atoms with Gasteiger partial charge in [0.15, 0.2) is 0 Å². The van der Waals surface area contributed by atoms with Gasteiger partial charge in [0.05, 0.1) is 18.5 Å². The zero-order valence-electron chi connectivity index (χ0n) is 11.6. The average Bonchev–Trinajstić information content (AvgIpc) is 2.80. The summed E-state index contributed by atoms with van der Waals surface area (Å²) >= 11 is 0. The minimum Gasteiger partial charge on any atom is -0.456 e. The predicted molar refractivity (Wildman–Crippen MR) is 72.1 cm³/mol. The molecule has 0 saturated carbocycles. The van der Waals surface area contributed by atoms with Crippen LogP contribution in [0.4, 0.5) is 4.79 Å². The fraction of sp³-hybridized carbons (Fsp3) is 0.357. The van der Waals surface area contributed by atoms with Crippen molar-refractivity contribution in [2.45, 2.75) is 19.4 Å². The van der Waals surface area contributed by atoms with Crippen LogP contribution in [-0.2, 0) is 14.4 Å². The number of carbonyl (C=O) groups excluding carboxylic acids is 3. The zero-order valence-corrected chi connectivity index (χ0v) is 11.6. The first-order chi connectivity index (χ1) is 10.1. The molecule has 0 aliphatic carbocycles. The lowest BCUT2D eigenvalue weighted by Crippen LogP contribution is -2.35. The molecule has 1 aromatic carbocycles. The van der Waals surface area contributed by atoms with E-state index in [2.05, 4.69) is 5.32 Å². The molecule has 1 fully saturated rings. The molecular weight excluding hydrogens is 276 g/mol. The molecule has 2 rings (SSSR count). The Balaban J connectivity index is 1.88. The van der Waals surface area contributed by atoms with Crippen LogP contribution in [0.5, 0.6) is 0 Å². The Bertz CT molecular complexity index is 531. The second-order valence-corrected chi connectivity index (χ2v) is 4.46. The van der Waals surface area contributed by atoms with Gasteiger partial charge in [-0.3, -0.25) is 4.79 Å². The number of benzene rings is 1. The van der Waals surface area contributed by atoms with E-state index in [9.17, 15) is 14.4 Å². The lowest BCUT2D eigenvalue weighted by molar-refractivity contribution is -0.158. The second kappa shape index (κ2) is 6.74. The van der Waals surface area contributed by atoms with Crippen LogP contribution in [0, 0.1) is 0 Å². The van der Waals surface area contributed by atoms with E-state index in [0.717, 1.165) is 5.06 Å². The van der Waals surface area contributed by atoms with Crippen molar-refractivity contribution in [3.63, 3.8) is 0 Å². The third-order valence-corrected chi connectivity index (χ3v) is 2.85. The highest BCUT2D eigenvalue weighted by Crippen LogP contribution is 2.16. The number of rotatable bonds is 4. The molecule has 7 heteroatoms. The van der Waals surface area contributed by atoms with Gasteiger partial charge in [-0.15, -0.1) is 0 Å². The molecule has 1 aromatic rings. The van der Waals surface area contributed by atoms with E-state index in [4.69, 9.17) is 9.57 Å². The summed E-state index contributed by atoms with van der Waals surface area (Å²) in [6.07, 6.45) is -1.33. The van der Waals surface area contributed by atoms with Crippen LogP contribution < -0.4 is 5.32 Å². The third-order valence-electron chi connectivity index (χ3n) is 2.85. The maximum atomic E-state index is 11.9. The first kappa shape index (κ1) is 14.8. The lowest BCUT2D eigenvalue weighted by atomic mass is 10.2. The van der Waals surface area contributed by atoms with E-state index < -0.39 is 24.1 Å². The maximum absolute atomic E-state index is 11.9. The first-order valence-corrected chi connectivity index (χ1v) is 6.62. The van der Waals surface area contributed by atoms with Gasteiger partial charge < -0.3 is 14.9 Å². The molecule has 0 bridgehead atoms. The highest BCUT2D eigenvalue weighted by atomic mass is 16.7. The van der Waals surface area contributed by atoms with Crippen LogP contribution in [0.2, 0.25) is 0 Å². The Hall–Kier alpha value is -2.57.